The van der Waals surface area contributed by atoms with Gasteiger partial charge in [-0.1, -0.05) is 67.4 Å². The molecule has 0 heterocycles. The van der Waals surface area contributed by atoms with Crippen molar-refractivity contribution in [1.82, 2.24) is 5.32 Å². The summed E-state index contributed by atoms with van der Waals surface area (Å²) in [5.74, 6) is -1.98. The molecule has 0 saturated heterocycles. The molecule has 9 nitrogen and oxygen atoms in total. The standard InChI is InChI=1S/C30H47NO8/c1-9-11-20(3)27(33)38-24-14-13-22(18-25(24)39-28(34)21(4)12-10-2)17-23(29(35)36-8)31-15-16-37-26(32)19-30(5,6)7/h13-14,18,20-21,23,31H,9-12,15-17,19H2,1-8H3/t20?,21?,23-/m0/s1. The number of benzene rings is 1. The summed E-state index contributed by atoms with van der Waals surface area (Å²) in [5, 5.41) is 3.06. The molecule has 0 bridgehead atoms. The van der Waals surface area contributed by atoms with Gasteiger partial charge in [-0.3, -0.25) is 19.2 Å². The van der Waals surface area contributed by atoms with Gasteiger partial charge < -0.3 is 24.3 Å². The Morgan fingerprint density at radius 2 is 1.44 bits per heavy atom. The largest absolute Gasteiger partial charge is 0.468 e. The highest BCUT2D eigenvalue weighted by Crippen LogP contribution is 2.31. The van der Waals surface area contributed by atoms with E-state index in [1.807, 2.05) is 34.6 Å². The second-order valence-corrected chi connectivity index (χ2v) is 11.2. The van der Waals surface area contributed by atoms with Crippen molar-refractivity contribution in [2.45, 2.75) is 93.0 Å². The Morgan fingerprint density at radius 3 is 1.95 bits per heavy atom. The molecule has 0 aliphatic heterocycles. The lowest BCUT2D eigenvalue weighted by atomic mass is 9.93. The van der Waals surface area contributed by atoms with Gasteiger partial charge in [-0.15, -0.1) is 0 Å². The molecule has 1 aromatic carbocycles. The number of esters is 4. The first-order valence-electron chi connectivity index (χ1n) is 13.8. The van der Waals surface area contributed by atoms with Gasteiger partial charge in [0, 0.05) is 6.54 Å². The number of carbonyl (C=O) groups excluding carboxylic acids is 4. The number of rotatable bonds is 16. The molecule has 1 rings (SSSR count). The van der Waals surface area contributed by atoms with E-state index in [-0.39, 0.29) is 54.3 Å². The van der Waals surface area contributed by atoms with Crippen LogP contribution >= 0.6 is 0 Å². The first kappa shape index (κ1) is 34.1. The summed E-state index contributed by atoms with van der Waals surface area (Å²) in [4.78, 5) is 49.7. The monoisotopic (exact) mass is 549 g/mol. The SMILES string of the molecule is CCCC(C)C(=O)Oc1ccc(C[C@H](NCCOC(=O)CC(C)(C)C)C(=O)OC)cc1OC(=O)C(C)CCC. The van der Waals surface area contributed by atoms with Crippen molar-refractivity contribution in [3.05, 3.63) is 23.8 Å². The van der Waals surface area contributed by atoms with E-state index in [1.165, 1.54) is 7.11 Å². The quantitative estimate of drug-likeness (QED) is 0.172. The normalized spacial score (nSPS) is 13.6. The van der Waals surface area contributed by atoms with Gasteiger partial charge in [0.25, 0.3) is 0 Å². The molecule has 0 saturated carbocycles. The fourth-order valence-electron chi connectivity index (χ4n) is 3.86. The number of methoxy groups -OCH3 is 1. The summed E-state index contributed by atoms with van der Waals surface area (Å²) in [7, 11) is 1.29. The predicted molar refractivity (Wildman–Crippen MR) is 148 cm³/mol. The summed E-state index contributed by atoms with van der Waals surface area (Å²) >= 11 is 0. The molecule has 9 heteroatoms. The van der Waals surface area contributed by atoms with Gasteiger partial charge in [0.05, 0.1) is 25.4 Å². The molecule has 0 aliphatic carbocycles. The zero-order chi connectivity index (χ0) is 29.6. The zero-order valence-electron chi connectivity index (χ0n) is 24.9. The first-order valence-corrected chi connectivity index (χ1v) is 13.8. The minimum atomic E-state index is -0.739. The molecule has 0 fully saturated rings. The van der Waals surface area contributed by atoms with Crippen molar-refractivity contribution in [1.29, 1.82) is 0 Å². The van der Waals surface area contributed by atoms with Gasteiger partial charge in [0.1, 0.15) is 12.6 Å². The summed E-state index contributed by atoms with van der Waals surface area (Å²) in [6, 6.07) is 4.14. The van der Waals surface area contributed by atoms with Gasteiger partial charge in [-0.25, -0.2) is 0 Å². The summed E-state index contributed by atoms with van der Waals surface area (Å²) in [6.45, 7) is 13.8. The molecule has 3 atom stereocenters. The highest BCUT2D eigenvalue weighted by atomic mass is 16.6. The zero-order valence-corrected chi connectivity index (χ0v) is 24.9. The molecule has 0 amide bonds. The van der Waals surface area contributed by atoms with Crippen molar-refractivity contribution in [2.24, 2.45) is 17.3 Å². The van der Waals surface area contributed by atoms with Crippen LogP contribution in [0.15, 0.2) is 18.2 Å². The Labute approximate surface area is 233 Å². The number of hydrogen-bond donors (Lipinski definition) is 1. The number of nitrogens with one attached hydrogen (secondary N) is 1. The molecule has 0 aliphatic rings. The second-order valence-electron chi connectivity index (χ2n) is 11.2. The predicted octanol–water partition coefficient (Wildman–Crippen LogP) is 5.02. The van der Waals surface area contributed by atoms with Gasteiger partial charge in [-0.05, 0) is 42.4 Å². The Hall–Kier alpha value is -2.94. The maximum Gasteiger partial charge on any atom is 0.323 e. The Balaban J connectivity index is 3.05. The van der Waals surface area contributed by atoms with E-state index in [4.69, 9.17) is 18.9 Å². The fraction of sp³-hybridized carbons (Fsp3) is 0.667. The highest BCUT2D eigenvalue weighted by Gasteiger charge is 2.24. The topological polar surface area (TPSA) is 117 Å². The molecule has 2 unspecified atom stereocenters. The van der Waals surface area contributed by atoms with E-state index < -0.39 is 23.9 Å². The molecule has 1 N–H and O–H groups in total. The third kappa shape index (κ3) is 13.1. The molecule has 220 valence electrons. The molecule has 0 aromatic heterocycles. The molecule has 0 radical (unpaired) electrons. The van der Waals surface area contributed by atoms with Gasteiger partial charge in [0.15, 0.2) is 11.5 Å². The van der Waals surface area contributed by atoms with Crippen LogP contribution in [0.3, 0.4) is 0 Å². The van der Waals surface area contributed by atoms with Crippen LogP contribution in [0.1, 0.15) is 86.1 Å². The van der Waals surface area contributed by atoms with E-state index in [2.05, 4.69) is 5.32 Å². The lowest BCUT2D eigenvalue weighted by Crippen LogP contribution is -2.41. The van der Waals surface area contributed by atoms with E-state index in [9.17, 15) is 19.2 Å². The molecular weight excluding hydrogens is 502 g/mol. The van der Waals surface area contributed by atoms with E-state index in [1.54, 1.807) is 32.0 Å². The highest BCUT2D eigenvalue weighted by molar-refractivity contribution is 5.79. The van der Waals surface area contributed by atoms with Crippen LogP contribution in [0.2, 0.25) is 0 Å². The third-order valence-corrected chi connectivity index (χ3v) is 6.03. The van der Waals surface area contributed by atoms with Gasteiger partial charge in [0.2, 0.25) is 0 Å². The van der Waals surface area contributed by atoms with Crippen molar-refractivity contribution >= 4 is 23.9 Å². The summed E-state index contributed by atoms with van der Waals surface area (Å²) < 4.78 is 21.5. The summed E-state index contributed by atoms with van der Waals surface area (Å²) in [5.41, 5.74) is 0.485. The molecule has 0 spiro atoms. The minimum absolute atomic E-state index is 0.103. The maximum atomic E-state index is 12.7. The smallest absolute Gasteiger partial charge is 0.323 e. The lowest BCUT2D eigenvalue weighted by Gasteiger charge is -2.19. The number of carbonyl (C=O) groups is 4. The van der Waals surface area contributed by atoms with Crippen LogP contribution in [0.4, 0.5) is 0 Å². The van der Waals surface area contributed by atoms with Gasteiger partial charge in [-0.2, -0.15) is 0 Å². The third-order valence-electron chi connectivity index (χ3n) is 6.03. The Morgan fingerprint density at radius 1 is 0.872 bits per heavy atom. The second kappa shape index (κ2) is 16.9. The number of ether oxygens (including phenoxy) is 4. The minimum Gasteiger partial charge on any atom is -0.468 e. The number of hydrogen-bond acceptors (Lipinski definition) is 9. The molecule has 39 heavy (non-hydrogen) atoms. The average Bonchev–Trinajstić information content (AvgIpc) is 2.85. The molecule has 1 aromatic rings. The van der Waals surface area contributed by atoms with Crippen LogP contribution < -0.4 is 14.8 Å². The Kier molecular flexibility index (Phi) is 14.8. The summed E-state index contributed by atoms with van der Waals surface area (Å²) in [6.07, 6.45) is 3.50. The Bertz CT molecular complexity index is 953. The van der Waals surface area contributed by atoms with Crippen LogP contribution in [-0.2, 0) is 35.1 Å². The van der Waals surface area contributed by atoms with Crippen LogP contribution in [0, 0.1) is 17.3 Å². The van der Waals surface area contributed by atoms with Crippen LogP contribution in [-0.4, -0.2) is 50.2 Å². The van der Waals surface area contributed by atoms with Crippen LogP contribution in [0.5, 0.6) is 11.5 Å². The van der Waals surface area contributed by atoms with Crippen molar-refractivity contribution in [3.63, 3.8) is 0 Å². The van der Waals surface area contributed by atoms with Crippen molar-refractivity contribution < 1.29 is 38.1 Å². The van der Waals surface area contributed by atoms with E-state index in [0.29, 0.717) is 24.8 Å². The van der Waals surface area contributed by atoms with E-state index in [0.717, 1.165) is 12.8 Å². The lowest BCUT2D eigenvalue weighted by molar-refractivity contribution is -0.146. The van der Waals surface area contributed by atoms with Crippen molar-refractivity contribution in [2.75, 3.05) is 20.3 Å². The van der Waals surface area contributed by atoms with E-state index >= 15 is 0 Å². The van der Waals surface area contributed by atoms with Crippen molar-refractivity contribution in [3.8, 4) is 11.5 Å². The first-order chi connectivity index (χ1) is 18.3. The van der Waals surface area contributed by atoms with Gasteiger partial charge >= 0.3 is 23.9 Å². The fourth-order valence-corrected chi connectivity index (χ4v) is 3.86. The average molecular weight is 550 g/mol. The maximum absolute atomic E-state index is 12.7. The molecular formula is C30H47NO8. The van der Waals surface area contributed by atoms with Crippen LogP contribution in [0.25, 0.3) is 0 Å².